The molecule has 0 saturated heterocycles. The molecule has 5 rings (SSSR count). The zero-order valence-electron chi connectivity index (χ0n) is 19.1. The fourth-order valence-corrected chi connectivity index (χ4v) is 5.41. The molecule has 2 atom stereocenters. The number of benzene rings is 2. The van der Waals surface area contributed by atoms with Crippen LogP contribution in [0.1, 0.15) is 55.6 Å². The van der Waals surface area contributed by atoms with E-state index in [-0.39, 0.29) is 31.0 Å². The first-order valence-electron chi connectivity index (χ1n) is 12.1. The van der Waals surface area contributed by atoms with Crippen molar-refractivity contribution in [2.24, 2.45) is 11.3 Å². The van der Waals surface area contributed by atoms with E-state index in [2.05, 4.69) is 34.9 Å². The monoisotopic (exact) mass is 462 g/mol. The molecule has 2 aromatic carbocycles. The number of carboxylic acid groups (broad SMARTS) is 1. The Kier molecular flexibility index (Phi) is 6.02. The van der Waals surface area contributed by atoms with Crippen molar-refractivity contribution < 1.29 is 24.2 Å². The Balaban J connectivity index is 1.14. The first-order chi connectivity index (χ1) is 16.5. The summed E-state index contributed by atoms with van der Waals surface area (Å²) in [6, 6.07) is 16.2. The van der Waals surface area contributed by atoms with Gasteiger partial charge in [-0.3, -0.25) is 9.59 Å². The third kappa shape index (κ3) is 4.39. The Labute approximate surface area is 198 Å². The number of hydrogen-bond acceptors (Lipinski definition) is 4. The summed E-state index contributed by atoms with van der Waals surface area (Å²) in [4.78, 5) is 36.7. The largest absolute Gasteiger partial charge is 0.481 e. The molecule has 2 aromatic rings. The van der Waals surface area contributed by atoms with E-state index >= 15 is 0 Å². The summed E-state index contributed by atoms with van der Waals surface area (Å²) in [5.74, 6) is -1.29. The average Bonchev–Trinajstić information content (AvgIpc) is 3.58. The van der Waals surface area contributed by atoms with Gasteiger partial charge in [0, 0.05) is 18.5 Å². The lowest BCUT2D eigenvalue weighted by Crippen LogP contribution is -2.46. The Morgan fingerprint density at radius 1 is 0.971 bits per heavy atom. The highest BCUT2D eigenvalue weighted by atomic mass is 16.5. The van der Waals surface area contributed by atoms with E-state index in [0.717, 1.165) is 24.0 Å². The molecule has 0 radical (unpaired) electrons. The topological polar surface area (TPSA) is 105 Å². The molecule has 0 heterocycles. The van der Waals surface area contributed by atoms with Crippen LogP contribution < -0.4 is 10.6 Å². The molecule has 3 aliphatic rings. The molecular weight excluding hydrogens is 432 g/mol. The number of carbonyl (C=O) groups is 3. The highest BCUT2D eigenvalue weighted by molar-refractivity contribution is 5.86. The minimum Gasteiger partial charge on any atom is -0.481 e. The maximum absolute atomic E-state index is 12.9. The summed E-state index contributed by atoms with van der Waals surface area (Å²) in [5, 5.41) is 15.1. The first kappa shape index (κ1) is 22.4. The Morgan fingerprint density at radius 2 is 1.62 bits per heavy atom. The van der Waals surface area contributed by atoms with Crippen molar-refractivity contribution in [2.45, 2.75) is 50.5 Å². The third-order valence-electron chi connectivity index (χ3n) is 7.61. The lowest BCUT2D eigenvalue weighted by Gasteiger charge is -2.29. The van der Waals surface area contributed by atoms with Crippen LogP contribution >= 0.6 is 0 Å². The van der Waals surface area contributed by atoms with Crippen molar-refractivity contribution in [1.29, 1.82) is 0 Å². The van der Waals surface area contributed by atoms with Crippen LogP contribution in [0.4, 0.5) is 4.79 Å². The number of aliphatic carboxylic acids is 1. The van der Waals surface area contributed by atoms with Gasteiger partial charge >= 0.3 is 12.1 Å². The number of fused-ring (bicyclic) bond motifs is 3. The number of nitrogens with one attached hydrogen (secondary N) is 2. The van der Waals surface area contributed by atoms with Crippen LogP contribution in [-0.4, -0.2) is 42.3 Å². The maximum Gasteiger partial charge on any atom is 0.407 e. The van der Waals surface area contributed by atoms with Gasteiger partial charge in [-0.15, -0.1) is 0 Å². The van der Waals surface area contributed by atoms with Gasteiger partial charge in [0.2, 0.25) is 5.91 Å². The number of carboxylic acids is 1. The second-order valence-electron chi connectivity index (χ2n) is 9.83. The third-order valence-corrected chi connectivity index (χ3v) is 7.61. The molecule has 34 heavy (non-hydrogen) atoms. The van der Waals surface area contributed by atoms with Gasteiger partial charge in [0.1, 0.15) is 6.61 Å². The summed E-state index contributed by atoms with van der Waals surface area (Å²) < 4.78 is 5.59. The van der Waals surface area contributed by atoms with Crippen LogP contribution in [0, 0.1) is 11.3 Å². The molecule has 3 N–H and O–H groups in total. The molecule has 2 amide bonds. The van der Waals surface area contributed by atoms with E-state index < -0.39 is 23.4 Å². The molecule has 0 bridgehead atoms. The second kappa shape index (κ2) is 9.12. The predicted molar refractivity (Wildman–Crippen MR) is 126 cm³/mol. The summed E-state index contributed by atoms with van der Waals surface area (Å²) in [6.07, 6.45) is 3.62. The van der Waals surface area contributed by atoms with Gasteiger partial charge in [-0.2, -0.15) is 0 Å². The summed E-state index contributed by atoms with van der Waals surface area (Å²) >= 11 is 0. The van der Waals surface area contributed by atoms with Gasteiger partial charge in [0.15, 0.2) is 0 Å². The average molecular weight is 463 g/mol. The Hall–Kier alpha value is -3.35. The van der Waals surface area contributed by atoms with E-state index in [4.69, 9.17) is 4.74 Å². The number of amides is 2. The van der Waals surface area contributed by atoms with Crippen LogP contribution in [0.5, 0.6) is 0 Å². The second-order valence-corrected chi connectivity index (χ2v) is 9.83. The van der Waals surface area contributed by atoms with Gasteiger partial charge in [0.25, 0.3) is 0 Å². The van der Waals surface area contributed by atoms with Crippen molar-refractivity contribution in [1.82, 2.24) is 10.6 Å². The number of carbonyl (C=O) groups excluding carboxylic acids is 2. The fraction of sp³-hybridized carbons (Fsp3) is 0.444. The molecule has 7 heteroatoms. The number of hydrogen-bond donors (Lipinski definition) is 3. The lowest BCUT2D eigenvalue weighted by molar-refractivity contribution is -0.143. The molecule has 2 fully saturated rings. The highest BCUT2D eigenvalue weighted by Gasteiger charge is 2.50. The van der Waals surface area contributed by atoms with Gasteiger partial charge < -0.3 is 20.5 Å². The van der Waals surface area contributed by atoms with Crippen LogP contribution in [0.25, 0.3) is 11.1 Å². The summed E-state index contributed by atoms with van der Waals surface area (Å²) in [7, 11) is 0. The zero-order valence-corrected chi connectivity index (χ0v) is 19.1. The van der Waals surface area contributed by atoms with Gasteiger partial charge in [-0.1, -0.05) is 55.0 Å². The van der Waals surface area contributed by atoms with Crippen LogP contribution in [0.15, 0.2) is 48.5 Å². The molecule has 2 saturated carbocycles. The molecule has 3 aliphatic carbocycles. The molecule has 0 unspecified atom stereocenters. The number of rotatable bonds is 7. The molecule has 0 aromatic heterocycles. The summed E-state index contributed by atoms with van der Waals surface area (Å²) in [6.45, 7) is 0.461. The van der Waals surface area contributed by atoms with E-state index in [0.29, 0.717) is 25.7 Å². The first-order valence-corrected chi connectivity index (χ1v) is 12.1. The predicted octanol–water partition coefficient (Wildman–Crippen LogP) is 4.06. The number of alkyl carbamates (subject to hydrolysis) is 1. The van der Waals surface area contributed by atoms with E-state index in [1.54, 1.807) is 0 Å². The van der Waals surface area contributed by atoms with E-state index in [9.17, 15) is 19.5 Å². The fourth-order valence-electron chi connectivity index (χ4n) is 5.41. The lowest BCUT2D eigenvalue weighted by atomic mass is 9.85. The smallest absolute Gasteiger partial charge is 0.407 e. The van der Waals surface area contributed by atoms with Crippen LogP contribution in [-0.2, 0) is 14.3 Å². The maximum atomic E-state index is 12.9. The number of ether oxygens (including phenoxy) is 1. The van der Waals surface area contributed by atoms with E-state index in [1.807, 2.05) is 24.3 Å². The van der Waals surface area contributed by atoms with Crippen molar-refractivity contribution in [3.05, 3.63) is 59.7 Å². The van der Waals surface area contributed by atoms with Gasteiger partial charge in [-0.25, -0.2) is 4.79 Å². The standard InChI is InChI=1S/C27H30N2O5/c30-24(31)17-6-5-7-18(14-17)29-25(32)27(12-13-27)16-28-26(33)34-15-23-21-10-3-1-8-19(21)20-9-2-4-11-22(20)23/h1-4,8-11,17-18,23H,5-7,12-16H2,(H,28,33)(H,29,32)(H,30,31)/t17-,18-/m1/s1. The minimum atomic E-state index is -0.794. The van der Waals surface area contributed by atoms with Crippen molar-refractivity contribution in [3.8, 4) is 11.1 Å². The molecule has 0 aliphatic heterocycles. The van der Waals surface area contributed by atoms with Crippen molar-refractivity contribution >= 4 is 18.0 Å². The van der Waals surface area contributed by atoms with Gasteiger partial charge in [-0.05, 0) is 54.4 Å². The van der Waals surface area contributed by atoms with Gasteiger partial charge in [0.05, 0.1) is 11.3 Å². The highest BCUT2D eigenvalue weighted by Crippen LogP contribution is 2.46. The molecule has 178 valence electrons. The van der Waals surface area contributed by atoms with E-state index in [1.165, 1.54) is 11.1 Å². The quantitative estimate of drug-likeness (QED) is 0.576. The minimum absolute atomic E-state index is 0.00943. The van der Waals surface area contributed by atoms with Crippen molar-refractivity contribution in [2.75, 3.05) is 13.2 Å². The SMILES string of the molecule is O=C(NCC1(C(=O)N[C@@H]2CCC[C@@H](C(=O)O)C2)CC1)OCC1c2ccccc2-c2ccccc21. The van der Waals surface area contributed by atoms with Crippen LogP contribution in [0.3, 0.4) is 0 Å². The Bertz CT molecular complexity index is 1060. The van der Waals surface area contributed by atoms with Crippen LogP contribution in [0.2, 0.25) is 0 Å². The van der Waals surface area contributed by atoms with Crippen molar-refractivity contribution in [3.63, 3.8) is 0 Å². The molecule has 7 nitrogen and oxygen atoms in total. The normalized spacial score (nSPS) is 22.2. The Morgan fingerprint density at radius 3 is 2.24 bits per heavy atom. The molecule has 0 spiro atoms. The summed E-state index contributed by atoms with van der Waals surface area (Å²) in [5.41, 5.74) is 4.05. The molecular formula is C27H30N2O5. The zero-order chi connectivity index (χ0) is 23.7.